The maximum atomic E-state index is 12.1. The first-order valence-electron chi connectivity index (χ1n) is 19.4. The molecule has 0 spiro atoms. The van der Waals surface area contributed by atoms with Crippen molar-refractivity contribution < 1.29 is 25.7 Å². The van der Waals surface area contributed by atoms with E-state index in [4.69, 9.17) is 0 Å². The fraction of sp³-hybridized carbons (Fsp3) is 0.391. The molecule has 4 nitrogen and oxygen atoms in total. The summed E-state index contributed by atoms with van der Waals surface area (Å²) in [6.45, 7) is 13.7. The van der Waals surface area contributed by atoms with Gasteiger partial charge in [-0.2, -0.15) is 0 Å². The van der Waals surface area contributed by atoms with Crippen LogP contribution in [0.2, 0.25) is 0 Å². The summed E-state index contributed by atoms with van der Waals surface area (Å²) < 4.78 is 4.29. The van der Waals surface area contributed by atoms with Crippen molar-refractivity contribution in [3.05, 3.63) is 120 Å². The van der Waals surface area contributed by atoms with E-state index in [1.807, 2.05) is 0 Å². The first-order valence-corrected chi connectivity index (χ1v) is 26.1. The van der Waals surface area contributed by atoms with Crippen molar-refractivity contribution in [1.29, 1.82) is 0 Å². The number of hydrogen-bond acceptors (Lipinski definition) is 2. The summed E-state index contributed by atoms with van der Waals surface area (Å²) in [5.41, 5.74) is 6.54. The van der Waals surface area contributed by atoms with Gasteiger partial charge in [0, 0.05) is 0 Å². The van der Waals surface area contributed by atoms with Crippen molar-refractivity contribution in [1.82, 2.24) is 9.13 Å². The molecule has 1 aliphatic heterocycles. The molecule has 4 atom stereocenters. The Balaban J connectivity index is 1.23. The van der Waals surface area contributed by atoms with Crippen LogP contribution < -0.4 is 0 Å². The third-order valence-electron chi connectivity index (χ3n) is 11.4. The van der Waals surface area contributed by atoms with Crippen molar-refractivity contribution >= 4 is 37.5 Å². The minimum atomic E-state index is -0.349. The number of aromatic hydroxyl groups is 2. The number of phenolic OH excluding ortho intramolecular Hbond substituents is 2. The Labute approximate surface area is 325 Å². The number of phenols is 2. The molecular formula is C46H54N2O2S2Ti. The molecule has 1 aliphatic carbocycles. The van der Waals surface area contributed by atoms with Gasteiger partial charge in [0.15, 0.2) is 0 Å². The van der Waals surface area contributed by atoms with Gasteiger partial charge in [-0.15, -0.1) is 0 Å². The zero-order chi connectivity index (χ0) is 37.1. The van der Waals surface area contributed by atoms with Gasteiger partial charge in [0.1, 0.15) is 0 Å². The molecule has 53 heavy (non-hydrogen) atoms. The normalized spacial score (nSPS) is 20.9. The Morgan fingerprint density at radius 2 is 0.925 bits per heavy atom. The monoisotopic (exact) mass is 778 g/mol. The minimum absolute atomic E-state index is 0.0369. The van der Waals surface area contributed by atoms with Gasteiger partial charge < -0.3 is 0 Å². The molecule has 1 fully saturated rings. The van der Waals surface area contributed by atoms with E-state index in [1.54, 1.807) is 0 Å². The summed E-state index contributed by atoms with van der Waals surface area (Å²) in [5.74, 6) is 2.85. The molecular weight excluding hydrogens is 725 g/mol. The number of rotatable bonds is 6. The Bertz CT molecular complexity index is 2190. The molecule has 2 aromatic heterocycles. The van der Waals surface area contributed by atoms with E-state index < -0.39 is 0 Å². The van der Waals surface area contributed by atoms with Crippen LogP contribution in [0.1, 0.15) is 102 Å². The van der Waals surface area contributed by atoms with E-state index in [2.05, 4.69) is 148 Å². The molecule has 276 valence electrons. The predicted octanol–water partition coefficient (Wildman–Crippen LogP) is 12.8. The topological polar surface area (TPSA) is 50.3 Å². The zero-order valence-corrected chi connectivity index (χ0v) is 35.3. The van der Waals surface area contributed by atoms with Gasteiger partial charge >= 0.3 is 328 Å². The first kappa shape index (κ1) is 36.9. The molecule has 0 saturated heterocycles. The second-order valence-electron chi connectivity index (χ2n) is 17.4. The van der Waals surface area contributed by atoms with Crippen molar-refractivity contribution in [3.8, 4) is 22.9 Å². The molecule has 3 heterocycles. The van der Waals surface area contributed by atoms with Gasteiger partial charge in [-0.05, 0) is 0 Å². The predicted molar refractivity (Wildman–Crippen MR) is 225 cm³/mol. The second-order valence-corrected chi connectivity index (χ2v) is 28.8. The van der Waals surface area contributed by atoms with Gasteiger partial charge in [0.05, 0.1) is 0 Å². The van der Waals surface area contributed by atoms with Crippen LogP contribution >= 0.6 is 15.9 Å². The average molecular weight is 779 g/mol. The molecule has 8 rings (SSSR count). The van der Waals surface area contributed by atoms with Gasteiger partial charge in [-0.25, -0.2) is 0 Å². The SMILES string of the molecule is CC(C)(C)c1cc(C[S]2=[Ti]=[S](Cc3cc(C(C)(C)C)cc(-n4cc5ccccc5c4)c3O)[C@H]3CCCCCCC32)c(O)c(-n2cc3ccccc3c2)c1. The van der Waals surface area contributed by atoms with E-state index in [9.17, 15) is 10.2 Å². The van der Waals surface area contributed by atoms with E-state index in [0.717, 1.165) is 44.5 Å². The quantitative estimate of drug-likeness (QED) is 0.165. The van der Waals surface area contributed by atoms with Gasteiger partial charge in [-0.3, -0.25) is 0 Å². The van der Waals surface area contributed by atoms with Crippen LogP contribution in [0.3, 0.4) is 0 Å². The van der Waals surface area contributed by atoms with Gasteiger partial charge in [-0.1, -0.05) is 0 Å². The average Bonchev–Trinajstić information content (AvgIpc) is 3.80. The Kier molecular flexibility index (Phi) is 10.1. The van der Waals surface area contributed by atoms with Gasteiger partial charge in [0.2, 0.25) is 0 Å². The summed E-state index contributed by atoms with van der Waals surface area (Å²) in [4.78, 5) is 0. The number of benzene rings is 4. The van der Waals surface area contributed by atoms with E-state index in [1.165, 1.54) is 71.2 Å². The fourth-order valence-corrected chi connectivity index (χ4v) is 29.0. The second kappa shape index (κ2) is 14.6. The summed E-state index contributed by atoms with van der Waals surface area (Å²) >= 11 is -0.349. The molecule has 4 aromatic carbocycles. The van der Waals surface area contributed by atoms with Crippen LogP contribution in [0, 0.1) is 0 Å². The summed E-state index contributed by atoms with van der Waals surface area (Å²) in [6, 6.07) is 26.0. The standard InChI is InChI=1S/C46H54N2O2S2.Ti/c1-45(2,3)37-21-35(43(49)39(23-37)47-25-31-15-11-12-16-32(31)26-47)29-51-41-19-9-7-8-10-20-42(41)52-30-36-22-38(46(4,5)6)24-40(44(36)50)48-27-33-17-13-14-18-34(33)28-48;/h11-18,21-28,41-42,49-50H,7-10,19-20,29-30H2,1-6H3;/t41-,42?;/m0./s1. The van der Waals surface area contributed by atoms with Crippen molar-refractivity contribution in [2.45, 2.75) is 113 Å². The van der Waals surface area contributed by atoms with Crippen LogP contribution in [0.4, 0.5) is 0 Å². The van der Waals surface area contributed by atoms with Crippen LogP contribution in [0.15, 0.2) is 97.6 Å². The summed E-state index contributed by atoms with van der Waals surface area (Å²) in [7, 11) is 0.516. The zero-order valence-electron chi connectivity index (χ0n) is 32.2. The number of aromatic nitrogens is 2. The molecule has 7 heteroatoms. The number of nitrogens with zero attached hydrogens (tertiary/aromatic N) is 2. The molecule has 1 saturated carbocycles. The molecule has 3 unspecified atom stereocenters. The molecule has 2 aliphatic rings. The van der Waals surface area contributed by atoms with Crippen LogP contribution in [0.25, 0.3) is 32.9 Å². The van der Waals surface area contributed by atoms with Crippen molar-refractivity contribution in [2.24, 2.45) is 0 Å². The third kappa shape index (κ3) is 7.51. The Morgan fingerprint density at radius 3 is 1.26 bits per heavy atom. The number of hydrogen-bond donors (Lipinski definition) is 2. The van der Waals surface area contributed by atoms with Crippen LogP contribution in [0.5, 0.6) is 11.5 Å². The Hall–Kier alpha value is -3.03. The molecule has 2 N–H and O–H groups in total. The van der Waals surface area contributed by atoms with Gasteiger partial charge in [0.25, 0.3) is 0 Å². The molecule has 6 aromatic rings. The molecule has 0 radical (unpaired) electrons. The Morgan fingerprint density at radius 1 is 0.566 bits per heavy atom. The molecule has 0 bridgehead atoms. The van der Waals surface area contributed by atoms with Crippen molar-refractivity contribution in [3.63, 3.8) is 0 Å². The van der Waals surface area contributed by atoms with E-state index >= 15 is 0 Å². The summed E-state index contributed by atoms with van der Waals surface area (Å²) in [5, 5.41) is 30.4. The maximum absolute atomic E-state index is 12.1. The van der Waals surface area contributed by atoms with Crippen molar-refractivity contribution in [2.75, 3.05) is 0 Å². The third-order valence-corrected chi connectivity index (χ3v) is 27.4. The van der Waals surface area contributed by atoms with Crippen LogP contribution in [-0.4, -0.2) is 29.8 Å². The summed E-state index contributed by atoms with van der Waals surface area (Å²) in [6.07, 6.45) is 16.6. The molecule has 0 amide bonds. The first-order chi connectivity index (χ1) is 25.3. The van der Waals surface area contributed by atoms with Crippen LogP contribution in [-0.2, 0) is 37.8 Å². The van der Waals surface area contributed by atoms with E-state index in [0.29, 0.717) is 11.5 Å². The van der Waals surface area contributed by atoms with E-state index in [-0.39, 0.29) is 42.2 Å². The fourth-order valence-electron chi connectivity index (χ4n) is 8.22. The number of fused-ring (bicyclic) bond motifs is 3.